The monoisotopic (exact) mass is 463 g/mol. The molecule has 3 aromatic carbocycles. The Bertz CT molecular complexity index is 1470. The van der Waals surface area contributed by atoms with E-state index in [1.807, 2.05) is 39.0 Å². The molecule has 6 heteroatoms. The van der Waals surface area contributed by atoms with Crippen LogP contribution in [-0.2, 0) is 0 Å². The Morgan fingerprint density at radius 2 is 1.54 bits per heavy atom. The van der Waals surface area contributed by atoms with E-state index in [-0.39, 0.29) is 17.6 Å². The molecule has 0 saturated heterocycles. The van der Waals surface area contributed by atoms with Gasteiger partial charge in [-0.15, -0.1) is 0 Å². The SMILES string of the molecule is CCCC(=O)c1cnc2ccc(N3C(=O)c4ccccc4C3=O)cc2c1Nc1c(C)cccc1C. The number of para-hydroxylation sites is 1. The molecule has 0 spiro atoms. The summed E-state index contributed by atoms with van der Waals surface area (Å²) in [5.74, 6) is -0.734. The van der Waals surface area contributed by atoms with Crippen LogP contribution in [0.5, 0.6) is 0 Å². The molecule has 0 bridgehead atoms. The predicted molar refractivity (Wildman–Crippen MR) is 138 cm³/mol. The number of carbonyl (C=O) groups excluding carboxylic acids is 3. The van der Waals surface area contributed by atoms with E-state index < -0.39 is 0 Å². The Balaban J connectivity index is 1.69. The molecule has 0 radical (unpaired) electrons. The Morgan fingerprint density at radius 3 is 2.17 bits per heavy atom. The number of fused-ring (bicyclic) bond motifs is 2. The first kappa shape index (κ1) is 22.5. The molecule has 0 fully saturated rings. The molecule has 174 valence electrons. The van der Waals surface area contributed by atoms with Crippen LogP contribution in [0.15, 0.2) is 66.9 Å². The van der Waals surface area contributed by atoms with Gasteiger partial charge in [-0.05, 0) is 61.7 Å². The van der Waals surface area contributed by atoms with Crippen molar-refractivity contribution in [2.45, 2.75) is 33.6 Å². The normalized spacial score (nSPS) is 12.8. The lowest BCUT2D eigenvalue weighted by Crippen LogP contribution is -2.29. The van der Waals surface area contributed by atoms with Crippen molar-refractivity contribution in [3.63, 3.8) is 0 Å². The van der Waals surface area contributed by atoms with Crippen LogP contribution in [0.3, 0.4) is 0 Å². The van der Waals surface area contributed by atoms with Gasteiger partial charge in [0, 0.05) is 23.7 Å². The van der Waals surface area contributed by atoms with E-state index in [0.29, 0.717) is 45.4 Å². The fourth-order valence-electron chi connectivity index (χ4n) is 4.59. The second-order valence-electron chi connectivity index (χ2n) is 8.80. The van der Waals surface area contributed by atoms with Crippen molar-refractivity contribution in [3.05, 3.63) is 94.7 Å². The second-order valence-corrected chi connectivity index (χ2v) is 8.80. The van der Waals surface area contributed by atoms with Crippen LogP contribution in [0.4, 0.5) is 17.1 Å². The molecule has 0 atom stereocenters. The second kappa shape index (κ2) is 8.80. The molecular weight excluding hydrogens is 438 g/mol. The van der Waals surface area contributed by atoms with Gasteiger partial charge in [0.15, 0.2) is 5.78 Å². The van der Waals surface area contributed by atoms with Gasteiger partial charge in [-0.2, -0.15) is 0 Å². The minimum absolute atomic E-state index is 0.0122. The number of nitrogens with zero attached hydrogens (tertiary/aromatic N) is 2. The van der Waals surface area contributed by atoms with Crippen molar-refractivity contribution in [2.24, 2.45) is 0 Å². The standard InChI is InChI=1S/C29H25N3O3/c1-4-8-25(33)23-16-30-24-14-13-19(32-28(34)20-11-5-6-12-21(20)29(32)35)15-22(24)27(23)31-26-17(2)9-7-10-18(26)3/h5-7,9-16H,4,8H2,1-3H3,(H,30,31). The lowest BCUT2D eigenvalue weighted by atomic mass is 10.0. The number of aromatic nitrogens is 1. The maximum atomic E-state index is 13.1. The van der Waals surface area contributed by atoms with Crippen molar-refractivity contribution in [1.82, 2.24) is 4.98 Å². The molecule has 4 aromatic rings. The zero-order valence-electron chi connectivity index (χ0n) is 19.9. The van der Waals surface area contributed by atoms with Gasteiger partial charge in [0.25, 0.3) is 11.8 Å². The van der Waals surface area contributed by atoms with Gasteiger partial charge in [0.05, 0.1) is 33.6 Å². The van der Waals surface area contributed by atoms with Crippen LogP contribution >= 0.6 is 0 Å². The van der Waals surface area contributed by atoms with Crippen LogP contribution < -0.4 is 10.2 Å². The number of Topliss-reactive ketones (excluding diaryl/α,β-unsaturated/α-hetero) is 1. The number of ketones is 1. The van der Waals surface area contributed by atoms with E-state index in [9.17, 15) is 14.4 Å². The number of carbonyl (C=O) groups is 3. The maximum absolute atomic E-state index is 13.1. The number of hydrogen-bond donors (Lipinski definition) is 1. The summed E-state index contributed by atoms with van der Waals surface area (Å²) in [6.07, 6.45) is 2.72. The number of imide groups is 1. The van der Waals surface area contributed by atoms with Crippen LogP contribution in [0.25, 0.3) is 10.9 Å². The highest BCUT2D eigenvalue weighted by molar-refractivity contribution is 6.34. The van der Waals surface area contributed by atoms with Crippen molar-refractivity contribution in [2.75, 3.05) is 10.2 Å². The average Bonchev–Trinajstić information content (AvgIpc) is 3.11. The van der Waals surface area contributed by atoms with Gasteiger partial charge in [0.2, 0.25) is 0 Å². The first-order valence-corrected chi connectivity index (χ1v) is 11.7. The summed E-state index contributed by atoms with van der Waals surface area (Å²) >= 11 is 0. The summed E-state index contributed by atoms with van der Waals surface area (Å²) in [5, 5.41) is 4.17. The highest BCUT2D eigenvalue weighted by Gasteiger charge is 2.36. The van der Waals surface area contributed by atoms with Crippen molar-refractivity contribution < 1.29 is 14.4 Å². The van der Waals surface area contributed by atoms with Gasteiger partial charge in [-0.25, -0.2) is 4.90 Å². The van der Waals surface area contributed by atoms with E-state index in [1.54, 1.807) is 48.7 Å². The summed E-state index contributed by atoms with van der Waals surface area (Å²) in [5.41, 5.74) is 5.98. The van der Waals surface area contributed by atoms with Crippen molar-refractivity contribution in [1.29, 1.82) is 0 Å². The van der Waals surface area contributed by atoms with Crippen LogP contribution in [0, 0.1) is 13.8 Å². The number of anilines is 3. The summed E-state index contributed by atoms with van der Waals surface area (Å²) in [7, 11) is 0. The zero-order chi connectivity index (χ0) is 24.7. The lowest BCUT2D eigenvalue weighted by Gasteiger charge is -2.19. The van der Waals surface area contributed by atoms with Crippen LogP contribution in [-0.4, -0.2) is 22.6 Å². The Kier molecular flexibility index (Phi) is 5.65. The zero-order valence-corrected chi connectivity index (χ0v) is 19.9. The van der Waals surface area contributed by atoms with Gasteiger partial charge < -0.3 is 5.32 Å². The summed E-state index contributed by atoms with van der Waals surface area (Å²) in [6.45, 7) is 5.98. The molecule has 1 aliphatic rings. The van der Waals surface area contributed by atoms with Crippen molar-refractivity contribution >= 4 is 45.6 Å². The molecule has 35 heavy (non-hydrogen) atoms. The summed E-state index contributed by atoms with van der Waals surface area (Å²) in [4.78, 5) is 45.0. The Labute approximate surface area is 203 Å². The van der Waals surface area contributed by atoms with Crippen molar-refractivity contribution in [3.8, 4) is 0 Å². The van der Waals surface area contributed by atoms with Gasteiger partial charge in [-0.1, -0.05) is 37.3 Å². The third kappa shape index (κ3) is 3.77. The number of benzene rings is 3. The molecule has 1 aromatic heterocycles. The fourth-order valence-corrected chi connectivity index (χ4v) is 4.59. The Morgan fingerprint density at radius 1 is 0.886 bits per heavy atom. The molecule has 2 heterocycles. The van der Waals surface area contributed by atoms with E-state index in [2.05, 4.69) is 10.3 Å². The van der Waals surface area contributed by atoms with Gasteiger partial charge in [0.1, 0.15) is 0 Å². The topological polar surface area (TPSA) is 79.4 Å². The smallest absolute Gasteiger partial charge is 0.266 e. The largest absolute Gasteiger partial charge is 0.354 e. The minimum atomic E-state index is -0.361. The number of hydrogen-bond acceptors (Lipinski definition) is 5. The molecule has 2 amide bonds. The number of rotatable bonds is 6. The highest BCUT2D eigenvalue weighted by Crippen LogP contribution is 2.36. The molecule has 0 unspecified atom stereocenters. The Hall–Kier alpha value is -4.32. The molecule has 0 saturated carbocycles. The number of aryl methyl sites for hydroxylation is 2. The molecule has 1 N–H and O–H groups in total. The fraction of sp³-hybridized carbons (Fsp3) is 0.172. The number of amides is 2. The van der Waals surface area contributed by atoms with Crippen LogP contribution in [0.2, 0.25) is 0 Å². The summed E-state index contributed by atoms with van der Waals surface area (Å²) < 4.78 is 0. The molecule has 1 aliphatic heterocycles. The van der Waals surface area contributed by atoms with E-state index in [1.165, 1.54) is 4.90 Å². The lowest BCUT2D eigenvalue weighted by molar-refractivity contribution is 0.0924. The number of nitrogens with one attached hydrogen (secondary N) is 1. The van der Waals surface area contributed by atoms with E-state index in [0.717, 1.165) is 23.2 Å². The van der Waals surface area contributed by atoms with E-state index >= 15 is 0 Å². The predicted octanol–water partition coefficient (Wildman–Crippen LogP) is 6.38. The molecule has 0 aliphatic carbocycles. The van der Waals surface area contributed by atoms with Crippen LogP contribution in [0.1, 0.15) is 62.0 Å². The quantitative estimate of drug-likeness (QED) is 0.265. The molecule has 6 nitrogen and oxygen atoms in total. The minimum Gasteiger partial charge on any atom is -0.354 e. The first-order chi connectivity index (χ1) is 16.9. The number of pyridine rings is 1. The van der Waals surface area contributed by atoms with Gasteiger partial charge >= 0.3 is 0 Å². The third-order valence-corrected chi connectivity index (χ3v) is 6.41. The maximum Gasteiger partial charge on any atom is 0.266 e. The summed E-state index contributed by atoms with van der Waals surface area (Å²) in [6, 6.07) is 18.1. The third-order valence-electron chi connectivity index (χ3n) is 6.41. The first-order valence-electron chi connectivity index (χ1n) is 11.7. The molecular formula is C29H25N3O3. The molecule has 5 rings (SSSR count). The van der Waals surface area contributed by atoms with Gasteiger partial charge in [-0.3, -0.25) is 19.4 Å². The average molecular weight is 464 g/mol. The highest BCUT2D eigenvalue weighted by atomic mass is 16.2. The van der Waals surface area contributed by atoms with E-state index in [4.69, 9.17) is 0 Å².